The number of esters is 1. The number of hydrogen-bond donors (Lipinski definition) is 1. The van der Waals surface area contributed by atoms with Gasteiger partial charge in [-0.3, -0.25) is 14.4 Å². The van der Waals surface area contributed by atoms with E-state index in [4.69, 9.17) is 4.74 Å². The molecule has 0 bridgehead atoms. The van der Waals surface area contributed by atoms with Gasteiger partial charge in [0.1, 0.15) is 0 Å². The highest BCUT2D eigenvalue weighted by molar-refractivity contribution is 5.87. The molecule has 6 nitrogen and oxygen atoms in total. The number of amides is 2. The Morgan fingerprint density at radius 3 is 2.57 bits per heavy atom. The van der Waals surface area contributed by atoms with Gasteiger partial charge in [-0.15, -0.1) is 0 Å². The Labute approximate surface area is 119 Å². The fraction of sp³-hybridized carbons (Fsp3) is 0.750. The molecule has 1 rings (SSSR count). The minimum Gasteiger partial charge on any atom is -0.466 e. The van der Waals surface area contributed by atoms with Crippen LogP contribution in [0, 0.1) is 5.92 Å². The molecule has 2 amide bonds. The average Bonchev–Trinajstić information content (AvgIpc) is 2.43. The largest absolute Gasteiger partial charge is 0.471 e. The van der Waals surface area contributed by atoms with Gasteiger partial charge in [0.15, 0.2) is 0 Å². The fourth-order valence-corrected chi connectivity index (χ4v) is 2.02. The van der Waals surface area contributed by atoms with E-state index in [2.05, 4.69) is 0 Å². The number of likely N-dealkylation sites (tertiary alicyclic amines) is 1. The van der Waals surface area contributed by atoms with E-state index < -0.39 is 36.4 Å². The first-order valence-electron chi connectivity index (χ1n) is 6.55. The van der Waals surface area contributed by atoms with Crippen molar-refractivity contribution in [3.63, 3.8) is 0 Å². The average molecular weight is 310 g/mol. The summed E-state index contributed by atoms with van der Waals surface area (Å²) >= 11 is 0. The van der Waals surface area contributed by atoms with E-state index in [0.29, 0.717) is 19.4 Å². The summed E-state index contributed by atoms with van der Waals surface area (Å²) in [4.78, 5) is 35.2. The molecule has 1 aliphatic heterocycles. The van der Waals surface area contributed by atoms with Gasteiger partial charge in [0, 0.05) is 13.1 Å². The maximum Gasteiger partial charge on any atom is 0.471 e. The normalized spacial score (nSPS) is 19.0. The fourth-order valence-electron chi connectivity index (χ4n) is 2.02. The van der Waals surface area contributed by atoms with Gasteiger partial charge in [-0.25, -0.2) is 0 Å². The first kappa shape index (κ1) is 17.3. The van der Waals surface area contributed by atoms with E-state index in [9.17, 15) is 27.6 Å². The van der Waals surface area contributed by atoms with Gasteiger partial charge >= 0.3 is 18.1 Å². The smallest absolute Gasteiger partial charge is 0.466 e. The summed E-state index contributed by atoms with van der Waals surface area (Å²) in [7, 11) is 0. The Balaban J connectivity index is 2.47. The maximum atomic E-state index is 12.0. The Morgan fingerprint density at radius 1 is 1.33 bits per heavy atom. The molecule has 120 valence electrons. The predicted molar refractivity (Wildman–Crippen MR) is 65.0 cm³/mol. The number of rotatable bonds is 4. The Morgan fingerprint density at radius 2 is 2.00 bits per heavy atom. The minimum absolute atomic E-state index is 0.0968. The molecule has 1 N–H and O–H groups in total. The Hall–Kier alpha value is -1.80. The number of piperidine rings is 1. The molecule has 21 heavy (non-hydrogen) atoms. The van der Waals surface area contributed by atoms with Crippen molar-refractivity contribution in [2.24, 2.45) is 5.92 Å². The number of carbonyl (C=O) groups excluding carboxylic acids is 3. The number of nitrogens with one attached hydrogen (secondary N) is 1. The summed E-state index contributed by atoms with van der Waals surface area (Å²) in [5.41, 5.74) is 0. The van der Waals surface area contributed by atoms with Crippen molar-refractivity contribution in [1.82, 2.24) is 10.2 Å². The molecule has 1 aliphatic rings. The van der Waals surface area contributed by atoms with Crippen LogP contribution in [0.5, 0.6) is 0 Å². The second-order valence-corrected chi connectivity index (χ2v) is 4.61. The van der Waals surface area contributed by atoms with Crippen molar-refractivity contribution < 1.29 is 32.3 Å². The van der Waals surface area contributed by atoms with Crippen LogP contribution in [0.15, 0.2) is 0 Å². The number of halogens is 3. The SMILES string of the molecule is CCOC(=O)C1CCCN(C(=O)CNC(=O)C(F)(F)F)C1. The van der Waals surface area contributed by atoms with Crippen LogP contribution in [0.3, 0.4) is 0 Å². The van der Waals surface area contributed by atoms with Gasteiger partial charge in [0.25, 0.3) is 0 Å². The third-order valence-corrected chi connectivity index (χ3v) is 3.05. The summed E-state index contributed by atoms with van der Waals surface area (Å²) in [5, 5.41) is 1.52. The van der Waals surface area contributed by atoms with Crippen LogP contribution in [0.2, 0.25) is 0 Å². The van der Waals surface area contributed by atoms with E-state index in [1.54, 1.807) is 6.92 Å². The minimum atomic E-state index is -5.02. The second-order valence-electron chi connectivity index (χ2n) is 4.61. The molecule has 1 fully saturated rings. The van der Waals surface area contributed by atoms with Gasteiger partial charge in [-0.05, 0) is 19.8 Å². The molecule has 1 saturated heterocycles. The van der Waals surface area contributed by atoms with Gasteiger partial charge in [-0.1, -0.05) is 0 Å². The summed E-state index contributed by atoms with van der Waals surface area (Å²) in [6.07, 6.45) is -3.89. The summed E-state index contributed by atoms with van der Waals surface area (Å²) in [5.74, 6) is -3.70. The molecular weight excluding hydrogens is 293 g/mol. The lowest BCUT2D eigenvalue weighted by molar-refractivity contribution is -0.174. The van der Waals surface area contributed by atoms with Crippen LogP contribution in [0.1, 0.15) is 19.8 Å². The van der Waals surface area contributed by atoms with Crippen molar-refractivity contribution in [3.05, 3.63) is 0 Å². The molecule has 1 heterocycles. The van der Waals surface area contributed by atoms with Gasteiger partial charge < -0.3 is 15.0 Å². The van der Waals surface area contributed by atoms with E-state index in [0.717, 1.165) is 0 Å². The molecule has 0 aromatic carbocycles. The molecule has 9 heteroatoms. The number of hydrogen-bond acceptors (Lipinski definition) is 4. The molecule has 0 spiro atoms. The summed E-state index contributed by atoms with van der Waals surface area (Å²) in [6.45, 7) is 1.59. The third-order valence-electron chi connectivity index (χ3n) is 3.05. The van der Waals surface area contributed by atoms with Crippen LogP contribution < -0.4 is 5.32 Å². The lowest BCUT2D eigenvalue weighted by atomic mass is 9.98. The van der Waals surface area contributed by atoms with E-state index in [1.807, 2.05) is 0 Å². The highest BCUT2D eigenvalue weighted by Crippen LogP contribution is 2.18. The first-order valence-corrected chi connectivity index (χ1v) is 6.55. The van der Waals surface area contributed by atoms with Gasteiger partial charge in [0.2, 0.25) is 5.91 Å². The first-order chi connectivity index (χ1) is 9.75. The van der Waals surface area contributed by atoms with Crippen LogP contribution in [0.25, 0.3) is 0 Å². The highest BCUT2D eigenvalue weighted by atomic mass is 19.4. The molecule has 1 unspecified atom stereocenters. The molecule has 0 saturated carbocycles. The lowest BCUT2D eigenvalue weighted by Crippen LogP contribution is -2.48. The molecule has 0 aromatic heterocycles. The monoisotopic (exact) mass is 310 g/mol. The maximum absolute atomic E-state index is 12.0. The Kier molecular flexibility index (Phi) is 5.98. The van der Waals surface area contributed by atoms with Crippen molar-refractivity contribution in [2.45, 2.75) is 25.9 Å². The van der Waals surface area contributed by atoms with E-state index in [-0.39, 0.29) is 13.2 Å². The number of ether oxygens (including phenoxy) is 1. The molecular formula is C12H17F3N2O4. The summed E-state index contributed by atoms with van der Waals surface area (Å²) < 4.78 is 40.8. The zero-order valence-corrected chi connectivity index (χ0v) is 11.5. The van der Waals surface area contributed by atoms with Crippen molar-refractivity contribution in [3.8, 4) is 0 Å². The van der Waals surface area contributed by atoms with Gasteiger partial charge in [-0.2, -0.15) is 13.2 Å². The van der Waals surface area contributed by atoms with Gasteiger partial charge in [0.05, 0.1) is 19.1 Å². The third kappa shape index (κ3) is 5.24. The Bertz CT molecular complexity index is 412. The van der Waals surface area contributed by atoms with E-state index in [1.165, 1.54) is 10.2 Å². The molecule has 1 atom stereocenters. The summed E-state index contributed by atoms with van der Waals surface area (Å²) in [6, 6.07) is 0. The molecule has 0 aliphatic carbocycles. The van der Waals surface area contributed by atoms with Crippen LogP contribution in [-0.2, 0) is 19.1 Å². The zero-order valence-electron chi connectivity index (χ0n) is 11.5. The standard InChI is InChI=1S/C12H17F3N2O4/c1-2-21-10(19)8-4-3-5-17(7-8)9(18)6-16-11(20)12(13,14)15/h8H,2-7H2,1H3,(H,16,20). The van der Waals surface area contributed by atoms with Crippen LogP contribution in [0.4, 0.5) is 13.2 Å². The van der Waals surface area contributed by atoms with E-state index >= 15 is 0 Å². The molecule has 0 aromatic rings. The van der Waals surface area contributed by atoms with Crippen molar-refractivity contribution in [1.29, 1.82) is 0 Å². The molecule has 0 radical (unpaired) electrons. The second kappa shape index (κ2) is 7.28. The number of nitrogens with zero attached hydrogens (tertiary/aromatic N) is 1. The quantitative estimate of drug-likeness (QED) is 0.766. The lowest BCUT2D eigenvalue weighted by Gasteiger charge is -2.31. The predicted octanol–water partition coefficient (Wildman–Crippen LogP) is 0.467. The number of carbonyl (C=O) groups is 3. The van der Waals surface area contributed by atoms with Crippen LogP contribution in [-0.4, -0.2) is 55.1 Å². The van der Waals surface area contributed by atoms with Crippen molar-refractivity contribution >= 4 is 17.8 Å². The zero-order chi connectivity index (χ0) is 16.0. The van der Waals surface area contributed by atoms with Crippen molar-refractivity contribution in [2.75, 3.05) is 26.2 Å². The van der Waals surface area contributed by atoms with Crippen LogP contribution >= 0.6 is 0 Å². The topological polar surface area (TPSA) is 75.7 Å². The highest BCUT2D eigenvalue weighted by Gasteiger charge is 2.39. The number of alkyl halides is 3.